The van der Waals surface area contributed by atoms with Crippen LogP contribution in [0.1, 0.15) is 17.0 Å². The third kappa shape index (κ3) is 1.90. The van der Waals surface area contributed by atoms with E-state index in [-0.39, 0.29) is 12.1 Å². The molecule has 20 heavy (non-hydrogen) atoms. The second kappa shape index (κ2) is 4.57. The number of nitrogens with two attached hydrogens (primary N) is 1. The summed E-state index contributed by atoms with van der Waals surface area (Å²) in [4.78, 5) is 16.7. The molecule has 0 spiro atoms. The highest BCUT2D eigenvalue weighted by Gasteiger charge is 2.11. The molecule has 0 bridgehead atoms. The van der Waals surface area contributed by atoms with Gasteiger partial charge in [0.15, 0.2) is 5.82 Å². The fourth-order valence-corrected chi connectivity index (χ4v) is 2.35. The molecule has 2 aromatic heterocycles. The van der Waals surface area contributed by atoms with E-state index in [4.69, 9.17) is 5.73 Å². The molecule has 0 aliphatic heterocycles. The number of benzene rings is 1. The lowest BCUT2D eigenvalue weighted by molar-refractivity contribution is 0.867. The first-order valence-corrected chi connectivity index (χ1v) is 6.35. The third-order valence-corrected chi connectivity index (χ3v) is 3.30. The zero-order chi connectivity index (χ0) is 14.3. The number of hydrogen-bond acceptors (Lipinski definition) is 4. The van der Waals surface area contributed by atoms with E-state index < -0.39 is 0 Å². The van der Waals surface area contributed by atoms with E-state index in [1.165, 1.54) is 16.0 Å². The molecule has 0 saturated heterocycles. The van der Waals surface area contributed by atoms with Crippen LogP contribution in [0.5, 0.6) is 0 Å². The van der Waals surface area contributed by atoms with E-state index in [0.29, 0.717) is 17.3 Å². The Morgan fingerprint density at radius 1 is 1.30 bits per heavy atom. The molecule has 0 amide bonds. The predicted octanol–water partition coefficient (Wildman–Crippen LogP) is 1.16. The molecule has 3 N–H and O–H groups in total. The summed E-state index contributed by atoms with van der Waals surface area (Å²) in [7, 11) is 0. The van der Waals surface area contributed by atoms with E-state index in [9.17, 15) is 4.79 Å². The summed E-state index contributed by atoms with van der Waals surface area (Å²) in [5.74, 6) is 0.887. The standard InChI is InChI=1S/C14H15N5O/c1-8-3-4-10(9(2)5-8)11-6-13(20)19-12(7-15)17-18-14(19)16-11/h3-6H,7,15H2,1-2H3,(H,16,18). The maximum atomic E-state index is 12.2. The average Bonchev–Trinajstić information content (AvgIpc) is 2.82. The summed E-state index contributed by atoms with van der Waals surface area (Å²) in [5, 5.41) is 6.74. The topological polar surface area (TPSA) is 89.1 Å². The van der Waals surface area contributed by atoms with Crippen molar-refractivity contribution in [1.29, 1.82) is 0 Å². The van der Waals surface area contributed by atoms with Crippen molar-refractivity contribution in [3.8, 4) is 11.3 Å². The number of aromatic amines is 1. The number of aromatic nitrogens is 4. The van der Waals surface area contributed by atoms with E-state index in [1.807, 2.05) is 26.0 Å². The number of fused-ring (bicyclic) bond motifs is 1. The van der Waals surface area contributed by atoms with Gasteiger partial charge in [0.25, 0.3) is 5.56 Å². The van der Waals surface area contributed by atoms with Gasteiger partial charge in [-0.2, -0.15) is 5.10 Å². The predicted molar refractivity (Wildman–Crippen MR) is 76.4 cm³/mol. The molecule has 102 valence electrons. The minimum Gasteiger partial charge on any atom is -0.324 e. The lowest BCUT2D eigenvalue weighted by Gasteiger charge is -2.06. The molecule has 0 atom stereocenters. The molecule has 1 aromatic carbocycles. The summed E-state index contributed by atoms with van der Waals surface area (Å²) in [6, 6.07) is 7.56. The van der Waals surface area contributed by atoms with Gasteiger partial charge in [-0.15, -0.1) is 0 Å². The van der Waals surface area contributed by atoms with E-state index in [1.54, 1.807) is 0 Å². The van der Waals surface area contributed by atoms with Crippen molar-refractivity contribution in [3.05, 3.63) is 51.6 Å². The first-order chi connectivity index (χ1) is 9.60. The van der Waals surface area contributed by atoms with Crippen LogP contribution in [0.4, 0.5) is 0 Å². The van der Waals surface area contributed by atoms with E-state index in [2.05, 4.69) is 21.2 Å². The van der Waals surface area contributed by atoms with Crippen LogP contribution in [0.25, 0.3) is 17.0 Å². The number of rotatable bonds is 2. The van der Waals surface area contributed by atoms with Gasteiger partial charge < -0.3 is 5.73 Å². The van der Waals surface area contributed by atoms with Crippen molar-refractivity contribution in [2.24, 2.45) is 5.73 Å². The highest BCUT2D eigenvalue weighted by molar-refractivity contribution is 5.65. The molecule has 0 radical (unpaired) electrons. The first kappa shape index (κ1) is 12.6. The van der Waals surface area contributed by atoms with Gasteiger partial charge in [-0.1, -0.05) is 23.8 Å². The van der Waals surface area contributed by atoms with Gasteiger partial charge in [-0.05, 0) is 19.4 Å². The van der Waals surface area contributed by atoms with Gasteiger partial charge in [0, 0.05) is 11.6 Å². The molecule has 2 heterocycles. The van der Waals surface area contributed by atoms with Crippen LogP contribution in [0, 0.1) is 13.8 Å². The summed E-state index contributed by atoms with van der Waals surface area (Å²) in [5.41, 5.74) is 9.21. The lowest BCUT2D eigenvalue weighted by Crippen LogP contribution is -2.17. The molecule has 0 aliphatic rings. The SMILES string of the molecule is Cc1ccc(-c2cc(=O)n3c(CN)n[nH]c3n2)c(C)c1. The maximum Gasteiger partial charge on any atom is 0.261 e. The molecule has 3 rings (SSSR count). The molecule has 0 unspecified atom stereocenters. The first-order valence-electron chi connectivity index (χ1n) is 6.35. The maximum absolute atomic E-state index is 12.2. The number of nitrogens with zero attached hydrogens (tertiary/aromatic N) is 3. The van der Waals surface area contributed by atoms with Crippen molar-refractivity contribution in [3.63, 3.8) is 0 Å². The van der Waals surface area contributed by atoms with Gasteiger partial charge in [0.1, 0.15) is 0 Å². The Morgan fingerprint density at radius 3 is 2.80 bits per heavy atom. The molecule has 0 aliphatic carbocycles. The molecular formula is C14H15N5O. The Morgan fingerprint density at radius 2 is 2.10 bits per heavy atom. The Bertz CT molecular complexity index is 846. The van der Waals surface area contributed by atoms with Crippen LogP contribution in [0.2, 0.25) is 0 Å². The van der Waals surface area contributed by atoms with Crippen molar-refractivity contribution in [2.75, 3.05) is 0 Å². The quantitative estimate of drug-likeness (QED) is 0.730. The Kier molecular flexibility index (Phi) is 2.87. The summed E-state index contributed by atoms with van der Waals surface area (Å²) < 4.78 is 1.40. The average molecular weight is 269 g/mol. The summed E-state index contributed by atoms with van der Waals surface area (Å²) >= 11 is 0. The van der Waals surface area contributed by atoms with Gasteiger partial charge in [-0.3, -0.25) is 4.79 Å². The number of aryl methyl sites for hydroxylation is 2. The minimum atomic E-state index is -0.181. The molecule has 6 heteroatoms. The Hall–Kier alpha value is -2.47. The second-order valence-corrected chi connectivity index (χ2v) is 4.80. The van der Waals surface area contributed by atoms with Crippen molar-refractivity contribution < 1.29 is 0 Å². The monoisotopic (exact) mass is 269 g/mol. The van der Waals surface area contributed by atoms with E-state index >= 15 is 0 Å². The van der Waals surface area contributed by atoms with E-state index in [0.717, 1.165) is 11.1 Å². The zero-order valence-electron chi connectivity index (χ0n) is 11.3. The van der Waals surface area contributed by atoms with Crippen LogP contribution in [0.15, 0.2) is 29.1 Å². The Labute approximate surface area is 115 Å². The van der Waals surface area contributed by atoms with Crippen molar-refractivity contribution in [2.45, 2.75) is 20.4 Å². The Balaban J connectivity index is 2.25. The minimum absolute atomic E-state index is 0.181. The smallest absolute Gasteiger partial charge is 0.261 e. The van der Waals surface area contributed by atoms with Gasteiger partial charge in [0.2, 0.25) is 5.78 Å². The second-order valence-electron chi connectivity index (χ2n) is 4.80. The lowest BCUT2D eigenvalue weighted by atomic mass is 10.0. The zero-order valence-corrected chi connectivity index (χ0v) is 11.3. The van der Waals surface area contributed by atoms with Crippen LogP contribution in [-0.2, 0) is 6.54 Å². The van der Waals surface area contributed by atoms with Gasteiger partial charge in [-0.25, -0.2) is 14.5 Å². The molecule has 3 aromatic rings. The van der Waals surface area contributed by atoms with Crippen LogP contribution in [-0.4, -0.2) is 19.6 Å². The summed E-state index contributed by atoms with van der Waals surface area (Å²) in [6.45, 7) is 4.22. The fraction of sp³-hybridized carbons (Fsp3) is 0.214. The largest absolute Gasteiger partial charge is 0.324 e. The molecule has 0 fully saturated rings. The van der Waals surface area contributed by atoms with Gasteiger partial charge >= 0.3 is 0 Å². The van der Waals surface area contributed by atoms with Crippen molar-refractivity contribution in [1.82, 2.24) is 19.6 Å². The normalized spacial score (nSPS) is 11.2. The van der Waals surface area contributed by atoms with Crippen LogP contribution in [0.3, 0.4) is 0 Å². The molecule has 0 saturated carbocycles. The third-order valence-electron chi connectivity index (χ3n) is 3.30. The fourth-order valence-electron chi connectivity index (χ4n) is 2.35. The van der Waals surface area contributed by atoms with Crippen molar-refractivity contribution >= 4 is 5.78 Å². The van der Waals surface area contributed by atoms with Crippen LogP contribution >= 0.6 is 0 Å². The number of hydrogen-bond donors (Lipinski definition) is 2. The number of H-pyrrole nitrogens is 1. The van der Waals surface area contributed by atoms with Crippen LogP contribution < -0.4 is 11.3 Å². The molecule has 6 nitrogen and oxygen atoms in total. The number of nitrogens with one attached hydrogen (secondary N) is 1. The van der Waals surface area contributed by atoms with Gasteiger partial charge in [0.05, 0.1) is 12.2 Å². The highest BCUT2D eigenvalue weighted by atomic mass is 16.1. The highest BCUT2D eigenvalue weighted by Crippen LogP contribution is 2.21. The summed E-state index contributed by atoms with van der Waals surface area (Å²) in [6.07, 6.45) is 0. The molecular weight excluding hydrogens is 254 g/mol.